The van der Waals surface area contributed by atoms with Crippen molar-refractivity contribution in [3.63, 3.8) is 0 Å². The first-order valence-corrected chi connectivity index (χ1v) is 8.68. The number of carbonyl (C=O) groups excluding carboxylic acids is 1. The summed E-state index contributed by atoms with van der Waals surface area (Å²) in [5.41, 5.74) is 1.90. The third-order valence-corrected chi connectivity index (χ3v) is 4.89. The van der Waals surface area contributed by atoms with Crippen LogP contribution >= 0.6 is 0 Å². The molecule has 0 aromatic heterocycles. The molecular weight excluding hydrogens is 300 g/mol. The van der Waals surface area contributed by atoms with E-state index in [0.717, 1.165) is 40.5 Å². The fourth-order valence-corrected chi connectivity index (χ4v) is 3.71. The van der Waals surface area contributed by atoms with Crippen LogP contribution in [0.2, 0.25) is 0 Å². The maximum Gasteiger partial charge on any atom is 0.339 e. The number of benzene rings is 2. The number of carbonyl (C=O) groups is 1. The highest BCUT2D eigenvalue weighted by atomic mass is 16.6. The largest absolute Gasteiger partial charge is 0.456 e. The maximum absolute atomic E-state index is 13.0. The SMILES string of the molecule is Cc1ccc2c(C(=O)OC3COC(C)C3)c3c(cc2c1)=CCCC=3. The second-order valence-electron chi connectivity index (χ2n) is 6.87. The van der Waals surface area contributed by atoms with E-state index in [1.807, 2.05) is 13.0 Å². The summed E-state index contributed by atoms with van der Waals surface area (Å²) in [5.74, 6) is -0.227. The Labute approximate surface area is 141 Å². The summed E-state index contributed by atoms with van der Waals surface area (Å²) in [7, 11) is 0. The monoisotopic (exact) mass is 322 g/mol. The van der Waals surface area contributed by atoms with Gasteiger partial charge in [0.15, 0.2) is 0 Å². The summed E-state index contributed by atoms with van der Waals surface area (Å²) >= 11 is 0. The third kappa shape index (κ3) is 2.73. The van der Waals surface area contributed by atoms with Gasteiger partial charge in [0.2, 0.25) is 0 Å². The summed E-state index contributed by atoms with van der Waals surface area (Å²) in [5, 5.41) is 4.24. The maximum atomic E-state index is 13.0. The first kappa shape index (κ1) is 15.4. The highest BCUT2D eigenvalue weighted by molar-refractivity contribution is 6.05. The van der Waals surface area contributed by atoms with Crippen LogP contribution < -0.4 is 10.4 Å². The minimum Gasteiger partial charge on any atom is -0.456 e. The van der Waals surface area contributed by atoms with E-state index in [1.54, 1.807) is 0 Å². The molecule has 2 aliphatic rings. The van der Waals surface area contributed by atoms with Crippen molar-refractivity contribution in [2.24, 2.45) is 0 Å². The van der Waals surface area contributed by atoms with Gasteiger partial charge in [-0.15, -0.1) is 0 Å². The molecule has 2 atom stereocenters. The van der Waals surface area contributed by atoms with E-state index >= 15 is 0 Å². The Balaban J connectivity index is 1.85. The predicted octanol–water partition coefficient (Wildman–Crippen LogP) is 2.84. The Morgan fingerprint density at radius 2 is 2.04 bits per heavy atom. The summed E-state index contributed by atoms with van der Waals surface area (Å²) in [6, 6.07) is 8.41. The number of fused-ring (bicyclic) bond motifs is 2. The van der Waals surface area contributed by atoms with Crippen molar-refractivity contribution in [2.75, 3.05) is 6.61 Å². The number of hydrogen-bond donors (Lipinski definition) is 0. The summed E-state index contributed by atoms with van der Waals surface area (Å²) in [6.07, 6.45) is 7.16. The normalized spacial score (nSPS) is 22.6. The number of esters is 1. The fourth-order valence-electron chi connectivity index (χ4n) is 3.71. The molecule has 1 aliphatic heterocycles. The second kappa shape index (κ2) is 6.06. The minimum absolute atomic E-state index is 0.142. The standard InChI is InChI=1S/C21H22O3/c1-13-7-8-19-16(9-13)11-15-5-3-4-6-18(15)20(19)21(22)24-17-10-14(2)23-12-17/h5-9,11,14,17H,3-4,10,12H2,1-2H3. The van der Waals surface area contributed by atoms with Gasteiger partial charge < -0.3 is 9.47 Å². The van der Waals surface area contributed by atoms with Crippen molar-refractivity contribution in [3.05, 3.63) is 45.8 Å². The van der Waals surface area contributed by atoms with E-state index in [0.29, 0.717) is 12.2 Å². The molecule has 1 heterocycles. The van der Waals surface area contributed by atoms with Crippen LogP contribution in [0.1, 0.15) is 42.1 Å². The number of aryl methyl sites for hydroxylation is 1. The highest BCUT2D eigenvalue weighted by Gasteiger charge is 2.27. The minimum atomic E-state index is -0.227. The molecule has 1 saturated heterocycles. The third-order valence-electron chi connectivity index (χ3n) is 4.89. The molecular formula is C21H22O3. The first-order valence-electron chi connectivity index (χ1n) is 8.68. The van der Waals surface area contributed by atoms with E-state index in [1.165, 1.54) is 5.56 Å². The van der Waals surface area contributed by atoms with Gasteiger partial charge in [0, 0.05) is 6.42 Å². The molecule has 0 N–H and O–H groups in total. The van der Waals surface area contributed by atoms with Crippen LogP contribution in [0.5, 0.6) is 0 Å². The molecule has 4 rings (SSSR count). The Hall–Kier alpha value is -2.13. The predicted molar refractivity (Wildman–Crippen MR) is 95.3 cm³/mol. The molecule has 0 saturated carbocycles. The van der Waals surface area contributed by atoms with Crippen molar-refractivity contribution in [2.45, 2.75) is 45.3 Å². The topological polar surface area (TPSA) is 35.5 Å². The zero-order valence-electron chi connectivity index (χ0n) is 14.2. The van der Waals surface area contributed by atoms with E-state index < -0.39 is 0 Å². The van der Waals surface area contributed by atoms with Crippen molar-refractivity contribution in [1.29, 1.82) is 0 Å². The van der Waals surface area contributed by atoms with Gasteiger partial charge in [-0.25, -0.2) is 4.79 Å². The van der Waals surface area contributed by atoms with Gasteiger partial charge >= 0.3 is 5.97 Å². The van der Waals surface area contributed by atoms with Crippen molar-refractivity contribution in [1.82, 2.24) is 0 Å². The molecule has 3 heteroatoms. The lowest BCUT2D eigenvalue weighted by Crippen LogP contribution is -2.34. The molecule has 24 heavy (non-hydrogen) atoms. The van der Waals surface area contributed by atoms with Crippen LogP contribution in [0.25, 0.3) is 22.9 Å². The molecule has 2 unspecified atom stereocenters. The van der Waals surface area contributed by atoms with Gasteiger partial charge in [-0.2, -0.15) is 0 Å². The smallest absolute Gasteiger partial charge is 0.339 e. The van der Waals surface area contributed by atoms with Crippen LogP contribution in [-0.4, -0.2) is 24.8 Å². The zero-order chi connectivity index (χ0) is 16.7. The lowest BCUT2D eigenvalue weighted by Gasteiger charge is -2.14. The van der Waals surface area contributed by atoms with Gasteiger partial charge in [-0.1, -0.05) is 35.9 Å². The Morgan fingerprint density at radius 3 is 2.83 bits per heavy atom. The van der Waals surface area contributed by atoms with Gasteiger partial charge in [-0.05, 0) is 54.0 Å². The lowest BCUT2D eigenvalue weighted by atomic mass is 9.95. The Morgan fingerprint density at radius 1 is 1.21 bits per heavy atom. The van der Waals surface area contributed by atoms with E-state index in [9.17, 15) is 4.79 Å². The quantitative estimate of drug-likeness (QED) is 0.798. The number of ether oxygens (including phenoxy) is 2. The van der Waals surface area contributed by atoms with E-state index in [-0.39, 0.29) is 18.2 Å². The highest BCUT2D eigenvalue weighted by Crippen LogP contribution is 2.21. The van der Waals surface area contributed by atoms with E-state index in [2.05, 4.69) is 37.3 Å². The van der Waals surface area contributed by atoms with Crippen molar-refractivity contribution >= 4 is 28.9 Å². The van der Waals surface area contributed by atoms with Crippen molar-refractivity contribution in [3.8, 4) is 0 Å². The molecule has 3 nitrogen and oxygen atoms in total. The summed E-state index contributed by atoms with van der Waals surface area (Å²) < 4.78 is 11.3. The van der Waals surface area contributed by atoms with Crippen molar-refractivity contribution < 1.29 is 14.3 Å². The van der Waals surface area contributed by atoms with Gasteiger partial charge in [0.05, 0.1) is 18.3 Å². The average Bonchev–Trinajstić information content (AvgIpc) is 2.97. The molecule has 2 aromatic carbocycles. The van der Waals surface area contributed by atoms with Gasteiger partial charge in [0.1, 0.15) is 6.10 Å². The van der Waals surface area contributed by atoms with E-state index in [4.69, 9.17) is 9.47 Å². The molecule has 0 amide bonds. The molecule has 1 aliphatic carbocycles. The summed E-state index contributed by atoms with van der Waals surface area (Å²) in [6.45, 7) is 4.58. The second-order valence-corrected chi connectivity index (χ2v) is 6.87. The lowest BCUT2D eigenvalue weighted by molar-refractivity contribution is 0.0259. The average molecular weight is 322 g/mol. The molecule has 2 aromatic rings. The summed E-state index contributed by atoms with van der Waals surface area (Å²) in [4.78, 5) is 13.0. The van der Waals surface area contributed by atoms with Gasteiger partial charge in [0.25, 0.3) is 0 Å². The Kier molecular flexibility index (Phi) is 3.89. The van der Waals surface area contributed by atoms with Crippen LogP contribution in [0, 0.1) is 6.92 Å². The number of rotatable bonds is 2. The van der Waals surface area contributed by atoms with Gasteiger partial charge in [-0.3, -0.25) is 0 Å². The zero-order valence-corrected chi connectivity index (χ0v) is 14.2. The van der Waals surface area contributed by atoms with Crippen LogP contribution in [0.15, 0.2) is 24.3 Å². The fraction of sp³-hybridized carbons (Fsp3) is 0.381. The van der Waals surface area contributed by atoms with Crippen LogP contribution in [0.3, 0.4) is 0 Å². The first-order chi connectivity index (χ1) is 11.6. The Bertz CT molecular complexity index is 926. The molecule has 0 spiro atoms. The van der Waals surface area contributed by atoms with Crippen LogP contribution in [0.4, 0.5) is 0 Å². The molecule has 124 valence electrons. The molecule has 0 radical (unpaired) electrons. The van der Waals surface area contributed by atoms with Crippen LogP contribution in [-0.2, 0) is 9.47 Å². The molecule has 1 fully saturated rings. The number of hydrogen-bond acceptors (Lipinski definition) is 3. The molecule has 0 bridgehead atoms.